The molecular formula is C14H14FN3O3S. The zero-order valence-corrected chi connectivity index (χ0v) is 12.4. The number of benzene rings is 1. The lowest BCUT2D eigenvalue weighted by atomic mass is 10.3. The van der Waals surface area contributed by atoms with Gasteiger partial charge in [0.15, 0.2) is 0 Å². The van der Waals surface area contributed by atoms with Crippen LogP contribution in [0.1, 0.15) is 6.42 Å². The van der Waals surface area contributed by atoms with E-state index >= 15 is 0 Å². The third kappa shape index (κ3) is 3.07. The number of nitrogens with zero attached hydrogens (tertiary/aromatic N) is 3. The van der Waals surface area contributed by atoms with Gasteiger partial charge in [-0.3, -0.25) is 4.98 Å². The molecule has 0 bridgehead atoms. The molecule has 2 heterocycles. The molecule has 2 aromatic rings. The molecule has 0 spiro atoms. The summed E-state index contributed by atoms with van der Waals surface area (Å²) in [5, 5.41) is 0. The van der Waals surface area contributed by atoms with E-state index in [0.717, 1.165) is 12.1 Å². The van der Waals surface area contributed by atoms with Crippen molar-refractivity contribution in [1.29, 1.82) is 0 Å². The highest BCUT2D eigenvalue weighted by molar-refractivity contribution is 7.89. The molecule has 0 N–H and O–H groups in total. The first kappa shape index (κ1) is 14.9. The van der Waals surface area contributed by atoms with Crippen molar-refractivity contribution < 1.29 is 17.5 Å². The van der Waals surface area contributed by atoms with Gasteiger partial charge < -0.3 is 4.74 Å². The predicted molar refractivity (Wildman–Crippen MR) is 76.2 cm³/mol. The number of sulfonamides is 1. The maximum absolute atomic E-state index is 12.9. The Balaban J connectivity index is 1.70. The Morgan fingerprint density at radius 2 is 2.00 bits per heavy atom. The van der Waals surface area contributed by atoms with Crippen molar-refractivity contribution in [3.8, 4) is 5.88 Å². The normalized spacial score (nSPS) is 19.2. The van der Waals surface area contributed by atoms with Gasteiger partial charge in [-0.25, -0.2) is 17.8 Å². The zero-order chi connectivity index (χ0) is 15.6. The van der Waals surface area contributed by atoms with Crippen molar-refractivity contribution >= 4 is 10.0 Å². The highest BCUT2D eigenvalue weighted by Gasteiger charge is 2.33. The first-order chi connectivity index (χ1) is 10.6. The number of rotatable bonds is 4. The molecule has 1 aromatic heterocycles. The molecule has 1 aromatic carbocycles. The smallest absolute Gasteiger partial charge is 0.243 e. The predicted octanol–water partition coefficient (Wildman–Crippen LogP) is 1.46. The molecule has 1 aliphatic rings. The van der Waals surface area contributed by atoms with E-state index in [0.29, 0.717) is 18.8 Å². The first-order valence-corrected chi connectivity index (χ1v) is 8.18. The minimum Gasteiger partial charge on any atom is -0.472 e. The second kappa shape index (κ2) is 5.98. The second-order valence-corrected chi connectivity index (χ2v) is 6.83. The molecule has 1 atom stereocenters. The summed E-state index contributed by atoms with van der Waals surface area (Å²) in [6.07, 6.45) is 4.82. The summed E-state index contributed by atoms with van der Waals surface area (Å²) in [5.74, 6) is -0.0993. The maximum atomic E-state index is 12.9. The summed E-state index contributed by atoms with van der Waals surface area (Å²) in [4.78, 5) is 7.98. The van der Waals surface area contributed by atoms with Gasteiger partial charge in [0.05, 0.1) is 17.6 Å². The van der Waals surface area contributed by atoms with Crippen molar-refractivity contribution in [3.63, 3.8) is 0 Å². The molecule has 0 amide bonds. The van der Waals surface area contributed by atoms with Gasteiger partial charge >= 0.3 is 0 Å². The van der Waals surface area contributed by atoms with E-state index in [1.807, 2.05) is 0 Å². The summed E-state index contributed by atoms with van der Waals surface area (Å²) in [6.45, 7) is 0.584. The minimum atomic E-state index is -3.63. The van der Waals surface area contributed by atoms with Crippen LogP contribution < -0.4 is 4.74 Å². The van der Waals surface area contributed by atoms with E-state index in [9.17, 15) is 12.8 Å². The van der Waals surface area contributed by atoms with Crippen LogP contribution in [0.25, 0.3) is 0 Å². The molecule has 8 heteroatoms. The lowest BCUT2D eigenvalue weighted by molar-refractivity contribution is 0.206. The van der Waals surface area contributed by atoms with Crippen LogP contribution in [-0.2, 0) is 10.0 Å². The fraction of sp³-hybridized carbons (Fsp3) is 0.286. The van der Waals surface area contributed by atoms with Crippen molar-refractivity contribution in [3.05, 3.63) is 48.7 Å². The SMILES string of the molecule is O=S(=O)(c1ccc(F)cc1)N1CCC(Oc2cnccn2)C1. The molecule has 6 nitrogen and oxygen atoms in total. The first-order valence-electron chi connectivity index (χ1n) is 6.74. The van der Waals surface area contributed by atoms with Gasteiger partial charge in [0.2, 0.25) is 15.9 Å². The van der Waals surface area contributed by atoms with E-state index in [-0.39, 0.29) is 17.5 Å². The van der Waals surface area contributed by atoms with Crippen LogP contribution in [0.3, 0.4) is 0 Å². The highest BCUT2D eigenvalue weighted by Crippen LogP contribution is 2.23. The van der Waals surface area contributed by atoms with Crippen molar-refractivity contribution in [2.45, 2.75) is 17.4 Å². The monoisotopic (exact) mass is 323 g/mol. The Bertz CT molecular complexity index is 738. The van der Waals surface area contributed by atoms with Gasteiger partial charge in [-0.15, -0.1) is 0 Å². The summed E-state index contributed by atoms with van der Waals surface area (Å²) in [5.41, 5.74) is 0. The lowest BCUT2D eigenvalue weighted by Crippen LogP contribution is -2.31. The van der Waals surface area contributed by atoms with Crippen LogP contribution in [-0.4, -0.2) is 41.9 Å². The fourth-order valence-electron chi connectivity index (χ4n) is 2.28. The Kier molecular flexibility index (Phi) is 4.04. The number of aromatic nitrogens is 2. The Morgan fingerprint density at radius 3 is 2.68 bits per heavy atom. The third-order valence-electron chi connectivity index (χ3n) is 3.39. The highest BCUT2D eigenvalue weighted by atomic mass is 32.2. The third-order valence-corrected chi connectivity index (χ3v) is 5.27. The lowest BCUT2D eigenvalue weighted by Gasteiger charge is -2.17. The van der Waals surface area contributed by atoms with Crippen LogP contribution in [0.2, 0.25) is 0 Å². The number of ether oxygens (including phenoxy) is 1. The molecule has 1 aliphatic heterocycles. The summed E-state index contributed by atoms with van der Waals surface area (Å²) in [6, 6.07) is 4.80. The van der Waals surface area contributed by atoms with Crippen molar-refractivity contribution in [2.75, 3.05) is 13.1 Å². The Labute approximate surface area is 127 Å². The van der Waals surface area contributed by atoms with Crippen molar-refractivity contribution in [1.82, 2.24) is 14.3 Å². The largest absolute Gasteiger partial charge is 0.472 e. The standard InChI is InChI=1S/C14H14FN3O3S/c15-11-1-3-13(4-2-11)22(19,20)18-8-5-12(10-18)21-14-9-16-6-7-17-14/h1-4,6-7,9,12H,5,8,10H2. The molecule has 0 radical (unpaired) electrons. The van der Waals surface area contributed by atoms with E-state index in [4.69, 9.17) is 4.74 Å². The van der Waals surface area contributed by atoms with Crippen LogP contribution in [0.15, 0.2) is 47.8 Å². The molecule has 116 valence electrons. The van der Waals surface area contributed by atoms with Gasteiger partial charge in [0.1, 0.15) is 11.9 Å². The summed E-state index contributed by atoms with van der Waals surface area (Å²) < 4.78 is 44.8. The topological polar surface area (TPSA) is 72.4 Å². The van der Waals surface area contributed by atoms with Gasteiger partial charge in [-0.2, -0.15) is 4.31 Å². The average Bonchev–Trinajstić information content (AvgIpc) is 2.98. The quantitative estimate of drug-likeness (QED) is 0.852. The van der Waals surface area contributed by atoms with Crippen LogP contribution in [0.4, 0.5) is 4.39 Å². The van der Waals surface area contributed by atoms with E-state index < -0.39 is 15.8 Å². The van der Waals surface area contributed by atoms with Gasteiger partial charge in [-0.1, -0.05) is 0 Å². The summed E-state index contributed by atoms with van der Waals surface area (Å²) in [7, 11) is -3.63. The van der Waals surface area contributed by atoms with Crippen LogP contribution in [0.5, 0.6) is 5.88 Å². The molecule has 1 saturated heterocycles. The van der Waals surface area contributed by atoms with Crippen molar-refractivity contribution in [2.24, 2.45) is 0 Å². The Morgan fingerprint density at radius 1 is 1.23 bits per heavy atom. The summed E-state index contributed by atoms with van der Waals surface area (Å²) >= 11 is 0. The molecule has 0 saturated carbocycles. The molecule has 1 unspecified atom stereocenters. The maximum Gasteiger partial charge on any atom is 0.243 e. The zero-order valence-electron chi connectivity index (χ0n) is 11.6. The molecular weight excluding hydrogens is 309 g/mol. The Hall–Kier alpha value is -2.06. The van der Waals surface area contributed by atoms with Crippen LogP contribution in [0, 0.1) is 5.82 Å². The number of halogens is 1. The minimum absolute atomic E-state index is 0.0778. The van der Waals surface area contributed by atoms with Gasteiger partial charge in [-0.05, 0) is 30.7 Å². The second-order valence-electron chi connectivity index (χ2n) is 4.89. The molecule has 1 fully saturated rings. The molecule has 22 heavy (non-hydrogen) atoms. The molecule has 0 aliphatic carbocycles. The average molecular weight is 323 g/mol. The number of hydrogen-bond acceptors (Lipinski definition) is 5. The van der Waals surface area contributed by atoms with E-state index in [1.165, 1.54) is 35.0 Å². The fourth-order valence-corrected chi connectivity index (χ4v) is 3.77. The van der Waals surface area contributed by atoms with E-state index in [2.05, 4.69) is 9.97 Å². The van der Waals surface area contributed by atoms with Gasteiger partial charge in [0.25, 0.3) is 0 Å². The van der Waals surface area contributed by atoms with E-state index in [1.54, 1.807) is 0 Å². The van der Waals surface area contributed by atoms with Gasteiger partial charge in [0, 0.05) is 18.9 Å². The molecule has 3 rings (SSSR count). The van der Waals surface area contributed by atoms with Crippen LogP contribution >= 0.6 is 0 Å². The number of hydrogen-bond donors (Lipinski definition) is 0.